The van der Waals surface area contributed by atoms with Crippen molar-refractivity contribution in [3.63, 3.8) is 0 Å². The van der Waals surface area contributed by atoms with Gasteiger partial charge in [-0.2, -0.15) is 0 Å². The quantitative estimate of drug-likeness (QED) is 0.195. The van der Waals surface area contributed by atoms with Crippen molar-refractivity contribution < 1.29 is 9.90 Å². The molecular weight excluding hydrogens is 348 g/mol. The normalized spacial score (nSPS) is 11.0. The summed E-state index contributed by atoms with van der Waals surface area (Å²) < 4.78 is 0. The molecule has 4 nitrogen and oxygen atoms in total. The van der Waals surface area contributed by atoms with E-state index in [1.807, 2.05) is 0 Å². The van der Waals surface area contributed by atoms with Crippen molar-refractivity contribution in [1.82, 2.24) is 4.90 Å². The predicted octanol–water partition coefficient (Wildman–Crippen LogP) is 6.40. The minimum atomic E-state index is -0.664. The topological polar surface area (TPSA) is 66.6 Å². The molecule has 0 fully saturated rings. The van der Waals surface area contributed by atoms with Crippen LogP contribution >= 0.6 is 0 Å². The number of allylic oxidation sites excluding steroid dienone is 2. The number of likely N-dealkylation sites (N-methyl/N-ethyl adjacent to an activating group) is 1. The molecule has 0 spiro atoms. The second kappa shape index (κ2) is 26.1. The Kier molecular flexibility index (Phi) is 27.4. The summed E-state index contributed by atoms with van der Waals surface area (Å²) in [7, 11) is 0. The molecule has 0 aliphatic rings. The molecule has 168 valence electrons. The van der Waals surface area contributed by atoms with Gasteiger partial charge in [-0.1, -0.05) is 84.3 Å². The molecule has 28 heavy (non-hydrogen) atoms. The van der Waals surface area contributed by atoms with Crippen molar-refractivity contribution in [2.75, 3.05) is 26.2 Å². The van der Waals surface area contributed by atoms with Crippen LogP contribution in [0.2, 0.25) is 0 Å². The van der Waals surface area contributed by atoms with Crippen LogP contribution in [-0.4, -0.2) is 42.2 Å². The van der Waals surface area contributed by atoms with Gasteiger partial charge in [0, 0.05) is 19.5 Å². The standard InChI is InChI=1S/C18H34O2.C6H16N2/c1-2-3-4-5-6-7-8-9-10-11-12-13-14-15-16-17-18(19)20;1-3-8(4-2)6-5-7/h9-10H,2-8,11-17H2,1H3,(H,19,20);3-7H2,1-2H3/b10-9-;. The summed E-state index contributed by atoms with van der Waals surface area (Å²) in [6.07, 6.45) is 21.2. The van der Waals surface area contributed by atoms with E-state index in [0.717, 1.165) is 39.0 Å². The predicted molar refractivity (Wildman–Crippen MR) is 124 cm³/mol. The number of rotatable bonds is 19. The molecule has 3 N–H and O–H groups in total. The fraction of sp³-hybridized carbons (Fsp3) is 0.875. The molecule has 0 heterocycles. The van der Waals surface area contributed by atoms with E-state index in [4.69, 9.17) is 10.8 Å². The lowest BCUT2D eigenvalue weighted by atomic mass is 10.1. The number of nitrogens with zero attached hydrogens (tertiary/aromatic N) is 1. The molecule has 0 amide bonds. The van der Waals surface area contributed by atoms with Crippen molar-refractivity contribution in [3.8, 4) is 0 Å². The van der Waals surface area contributed by atoms with Crippen molar-refractivity contribution >= 4 is 5.97 Å². The zero-order valence-electron chi connectivity index (χ0n) is 19.3. The van der Waals surface area contributed by atoms with Gasteiger partial charge in [0.05, 0.1) is 0 Å². The smallest absolute Gasteiger partial charge is 0.303 e. The summed E-state index contributed by atoms with van der Waals surface area (Å²) in [5.41, 5.74) is 5.34. The number of unbranched alkanes of at least 4 members (excludes halogenated alkanes) is 11. The first-order valence-electron chi connectivity index (χ1n) is 11.9. The number of hydrogen-bond donors (Lipinski definition) is 2. The number of carboxylic acids is 1. The molecule has 4 heteroatoms. The van der Waals surface area contributed by atoms with E-state index < -0.39 is 5.97 Å². The lowest BCUT2D eigenvalue weighted by Crippen LogP contribution is -2.28. The van der Waals surface area contributed by atoms with Crippen LogP contribution < -0.4 is 5.73 Å². The molecule has 0 aromatic heterocycles. The SMILES string of the molecule is CCCCCCCC/C=C\CCCCCCCC(=O)O.CCN(CC)CCN. The van der Waals surface area contributed by atoms with E-state index in [1.54, 1.807) is 0 Å². The summed E-state index contributed by atoms with van der Waals surface area (Å²) in [4.78, 5) is 12.6. The van der Waals surface area contributed by atoms with Crippen LogP contribution in [0.3, 0.4) is 0 Å². The Morgan fingerprint density at radius 1 is 0.786 bits per heavy atom. The van der Waals surface area contributed by atoms with E-state index in [-0.39, 0.29) is 0 Å². The van der Waals surface area contributed by atoms with Gasteiger partial charge in [0.1, 0.15) is 0 Å². The van der Waals surface area contributed by atoms with Crippen molar-refractivity contribution in [1.29, 1.82) is 0 Å². The number of carboxylic acid groups (broad SMARTS) is 1. The number of hydrogen-bond acceptors (Lipinski definition) is 3. The minimum absolute atomic E-state index is 0.332. The maximum atomic E-state index is 10.3. The van der Waals surface area contributed by atoms with Gasteiger partial charge >= 0.3 is 5.97 Å². The number of nitrogens with two attached hydrogens (primary N) is 1. The Morgan fingerprint density at radius 3 is 1.64 bits per heavy atom. The molecular formula is C24H50N2O2. The maximum Gasteiger partial charge on any atom is 0.303 e. The van der Waals surface area contributed by atoms with Gasteiger partial charge < -0.3 is 15.7 Å². The lowest BCUT2D eigenvalue weighted by Gasteiger charge is -2.15. The fourth-order valence-electron chi connectivity index (χ4n) is 3.07. The summed E-state index contributed by atoms with van der Waals surface area (Å²) in [6, 6.07) is 0. The molecule has 0 rings (SSSR count). The van der Waals surface area contributed by atoms with Gasteiger partial charge in [0.25, 0.3) is 0 Å². The van der Waals surface area contributed by atoms with E-state index in [0.29, 0.717) is 6.42 Å². The molecule has 0 bridgehead atoms. The van der Waals surface area contributed by atoms with Crippen molar-refractivity contribution in [2.45, 2.75) is 111 Å². The molecule has 0 aromatic carbocycles. The highest BCUT2D eigenvalue weighted by molar-refractivity contribution is 5.66. The molecule has 0 unspecified atom stereocenters. The van der Waals surface area contributed by atoms with Crippen LogP contribution in [0.1, 0.15) is 111 Å². The zero-order valence-corrected chi connectivity index (χ0v) is 19.3. The second-order valence-corrected chi connectivity index (χ2v) is 7.54. The third-order valence-electron chi connectivity index (χ3n) is 4.99. The van der Waals surface area contributed by atoms with E-state index in [9.17, 15) is 4.79 Å². The lowest BCUT2D eigenvalue weighted by molar-refractivity contribution is -0.137. The largest absolute Gasteiger partial charge is 0.481 e. The Hall–Kier alpha value is -0.870. The minimum Gasteiger partial charge on any atom is -0.481 e. The van der Waals surface area contributed by atoms with Gasteiger partial charge in [-0.25, -0.2) is 0 Å². The average molecular weight is 399 g/mol. The molecule has 0 radical (unpaired) electrons. The Bertz CT molecular complexity index is 329. The van der Waals surface area contributed by atoms with Gasteiger partial charge in [0.15, 0.2) is 0 Å². The van der Waals surface area contributed by atoms with Crippen LogP contribution in [0.5, 0.6) is 0 Å². The molecule has 0 atom stereocenters. The number of aliphatic carboxylic acids is 1. The molecule has 0 saturated carbocycles. The van der Waals surface area contributed by atoms with Crippen molar-refractivity contribution in [2.24, 2.45) is 5.73 Å². The van der Waals surface area contributed by atoms with Gasteiger partial charge in [-0.05, 0) is 45.2 Å². The van der Waals surface area contributed by atoms with E-state index in [1.165, 1.54) is 70.6 Å². The highest BCUT2D eigenvalue weighted by atomic mass is 16.4. The second-order valence-electron chi connectivity index (χ2n) is 7.54. The van der Waals surface area contributed by atoms with Crippen LogP contribution in [0.25, 0.3) is 0 Å². The van der Waals surface area contributed by atoms with Crippen LogP contribution in [-0.2, 0) is 4.79 Å². The molecule has 0 aliphatic carbocycles. The first-order chi connectivity index (χ1) is 13.6. The highest BCUT2D eigenvalue weighted by Gasteiger charge is 1.96. The maximum absolute atomic E-state index is 10.3. The van der Waals surface area contributed by atoms with Crippen LogP contribution in [0, 0.1) is 0 Å². The summed E-state index contributed by atoms with van der Waals surface area (Å²) >= 11 is 0. The molecule has 0 saturated heterocycles. The Balaban J connectivity index is 0. The van der Waals surface area contributed by atoms with Crippen molar-refractivity contribution in [3.05, 3.63) is 12.2 Å². The van der Waals surface area contributed by atoms with E-state index in [2.05, 4.69) is 37.8 Å². The fourth-order valence-corrected chi connectivity index (χ4v) is 3.07. The molecule has 0 aromatic rings. The van der Waals surface area contributed by atoms with Gasteiger partial charge in [-0.3, -0.25) is 4.79 Å². The first kappa shape index (κ1) is 29.3. The number of carbonyl (C=O) groups is 1. The van der Waals surface area contributed by atoms with Crippen LogP contribution in [0.15, 0.2) is 12.2 Å². The zero-order chi connectivity index (χ0) is 21.3. The third kappa shape index (κ3) is 27.3. The summed E-state index contributed by atoms with van der Waals surface area (Å²) in [6.45, 7) is 10.6. The van der Waals surface area contributed by atoms with E-state index >= 15 is 0 Å². The summed E-state index contributed by atoms with van der Waals surface area (Å²) in [5.74, 6) is -0.664. The monoisotopic (exact) mass is 398 g/mol. The Labute approximate surface area is 176 Å². The van der Waals surface area contributed by atoms with Gasteiger partial charge in [0.2, 0.25) is 0 Å². The highest BCUT2D eigenvalue weighted by Crippen LogP contribution is 2.09. The molecule has 0 aliphatic heterocycles. The third-order valence-corrected chi connectivity index (χ3v) is 4.99. The average Bonchev–Trinajstić information content (AvgIpc) is 2.69. The summed E-state index contributed by atoms with van der Waals surface area (Å²) in [5, 5.41) is 8.51. The first-order valence-corrected chi connectivity index (χ1v) is 11.9. The van der Waals surface area contributed by atoms with Gasteiger partial charge in [-0.15, -0.1) is 0 Å². The van der Waals surface area contributed by atoms with Crippen LogP contribution in [0.4, 0.5) is 0 Å². The Morgan fingerprint density at radius 2 is 1.25 bits per heavy atom.